The molecule has 1 aliphatic heterocycles. The number of phenolic OH excluding ortho intramolecular Hbond substituents is 1. The van der Waals surface area contributed by atoms with Crippen molar-refractivity contribution in [3.05, 3.63) is 29.8 Å². The molecule has 1 amide bonds. The van der Waals surface area contributed by atoms with Crippen molar-refractivity contribution in [2.45, 2.75) is 76.7 Å². The van der Waals surface area contributed by atoms with E-state index in [4.69, 9.17) is 5.11 Å². The quantitative estimate of drug-likeness (QED) is 0.634. The molecule has 0 aromatic heterocycles. The molecule has 7 nitrogen and oxygen atoms in total. The Morgan fingerprint density at radius 2 is 1.91 bits per heavy atom. The molecule has 2 fully saturated rings. The molecule has 1 aliphatic carbocycles. The van der Waals surface area contributed by atoms with Gasteiger partial charge in [0.05, 0.1) is 6.42 Å². The molecule has 2 atom stereocenters. The van der Waals surface area contributed by atoms with Crippen molar-refractivity contribution in [1.82, 2.24) is 9.80 Å². The molecular weight excluding hydrogens is 408 g/mol. The van der Waals surface area contributed by atoms with Crippen molar-refractivity contribution in [3.8, 4) is 5.75 Å². The van der Waals surface area contributed by atoms with Crippen LogP contribution in [0.5, 0.6) is 5.75 Å². The van der Waals surface area contributed by atoms with Gasteiger partial charge in [-0.3, -0.25) is 9.59 Å². The zero-order valence-corrected chi connectivity index (χ0v) is 19.6. The highest BCUT2D eigenvalue weighted by molar-refractivity contribution is 5.81. The van der Waals surface area contributed by atoms with Crippen LogP contribution >= 0.6 is 0 Å². The first-order chi connectivity index (χ1) is 14.8. The van der Waals surface area contributed by atoms with Gasteiger partial charge in [0.25, 0.3) is 0 Å². The van der Waals surface area contributed by atoms with E-state index in [1.807, 2.05) is 17.0 Å². The Morgan fingerprint density at radius 3 is 2.53 bits per heavy atom. The summed E-state index contributed by atoms with van der Waals surface area (Å²) in [6, 6.07) is 7.89. The normalized spacial score (nSPS) is 24.5. The number of carboxylic acid groups (broad SMARTS) is 1. The summed E-state index contributed by atoms with van der Waals surface area (Å²) < 4.78 is 0. The average molecular weight is 449 g/mol. The van der Waals surface area contributed by atoms with Gasteiger partial charge in [-0.25, -0.2) is 0 Å². The Hall–Kier alpha value is -2.12. The van der Waals surface area contributed by atoms with Crippen LogP contribution in [0.3, 0.4) is 0 Å². The van der Waals surface area contributed by atoms with Crippen LogP contribution in [0.1, 0.15) is 70.8 Å². The third-order valence-corrected chi connectivity index (χ3v) is 7.62. The second-order valence-corrected chi connectivity index (χ2v) is 9.69. The molecule has 0 radical (unpaired) electrons. The second kappa shape index (κ2) is 11.7. The van der Waals surface area contributed by atoms with Crippen molar-refractivity contribution in [3.63, 3.8) is 0 Å². The van der Waals surface area contributed by atoms with Crippen LogP contribution in [0.15, 0.2) is 24.3 Å². The SMILES string of the molecule is C[C@H]1CN(CCN(C(=O)CCC(=O)O)C2CCCCC2)CC[C@]1(C)c1cccc(O)c1.O. The number of hydrogen-bond donors (Lipinski definition) is 2. The number of carbonyl (C=O) groups excluding carboxylic acids is 1. The molecule has 1 aromatic carbocycles. The van der Waals surface area contributed by atoms with Gasteiger partial charge in [-0.15, -0.1) is 0 Å². The summed E-state index contributed by atoms with van der Waals surface area (Å²) in [4.78, 5) is 28.2. The fraction of sp³-hybridized carbons (Fsp3) is 0.680. The van der Waals surface area contributed by atoms with Gasteiger partial charge in [0.2, 0.25) is 5.91 Å². The topological polar surface area (TPSA) is 113 Å². The second-order valence-electron chi connectivity index (χ2n) is 9.69. The van der Waals surface area contributed by atoms with Crippen LogP contribution in [0.25, 0.3) is 0 Å². The number of piperidine rings is 1. The summed E-state index contributed by atoms with van der Waals surface area (Å²) >= 11 is 0. The van der Waals surface area contributed by atoms with Gasteiger partial charge in [0.1, 0.15) is 5.75 Å². The molecule has 0 bridgehead atoms. The van der Waals surface area contributed by atoms with E-state index in [2.05, 4.69) is 24.8 Å². The van der Waals surface area contributed by atoms with Crippen molar-refractivity contribution in [2.75, 3.05) is 26.2 Å². The van der Waals surface area contributed by atoms with E-state index in [1.54, 1.807) is 6.07 Å². The predicted molar refractivity (Wildman–Crippen MR) is 125 cm³/mol. The third kappa shape index (κ3) is 6.45. The molecule has 1 heterocycles. The number of aliphatic carboxylic acids is 1. The van der Waals surface area contributed by atoms with E-state index in [0.717, 1.165) is 51.7 Å². The van der Waals surface area contributed by atoms with E-state index in [9.17, 15) is 14.7 Å². The number of phenols is 1. The predicted octanol–water partition coefficient (Wildman–Crippen LogP) is 3.19. The van der Waals surface area contributed by atoms with Crippen LogP contribution in [0, 0.1) is 5.92 Å². The molecular formula is C25H40N2O5. The summed E-state index contributed by atoms with van der Waals surface area (Å²) in [6.07, 6.45) is 6.60. The first kappa shape index (κ1) is 26.1. The molecule has 1 saturated carbocycles. The number of benzene rings is 1. The molecule has 4 N–H and O–H groups in total. The number of carboxylic acids is 1. The first-order valence-corrected chi connectivity index (χ1v) is 11.8. The monoisotopic (exact) mass is 448 g/mol. The molecule has 32 heavy (non-hydrogen) atoms. The Balaban J connectivity index is 0.00000363. The lowest BCUT2D eigenvalue weighted by molar-refractivity contribution is -0.142. The van der Waals surface area contributed by atoms with Crippen LogP contribution in [-0.2, 0) is 15.0 Å². The van der Waals surface area contributed by atoms with Crippen molar-refractivity contribution in [2.24, 2.45) is 5.92 Å². The molecule has 7 heteroatoms. The standard InChI is InChI=1S/C25H38N2O4.H2O/c1-19-18-26(14-13-25(19,2)20-7-6-10-22(28)17-20)15-16-27(21-8-4-3-5-9-21)23(29)11-12-24(30)31;/h6-7,10,17,19,21,28H,3-5,8-9,11-16,18H2,1-2H3,(H,30,31);1H2/t19-,25-;/m0./s1. The molecule has 1 saturated heterocycles. The Kier molecular flexibility index (Phi) is 9.52. The van der Waals surface area contributed by atoms with Gasteiger partial charge < -0.3 is 25.5 Å². The van der Waals surface area contributed by atoms with E-state index < -0.39 is 5.97 Å². The largest absolute Gasteiger partial charge is 0.508 e. The van der Waals surface area contributed by atoms with Gasteiger partial charge >= 0.3 is 5.97 Å². The van der Waals surface area contributed by atoms with E-state index >= 15 is 0 Å². The summed E-state index contributed by atoms with van der Waals surface area (Å²) in [5, 5.41) is 18.9. The molecule has 180 valence electrons. The molecule has 0 spiro atoms. The van der Waals surface area contributed by atoms with Crippen LogP contribution in [0.4, 0.5) is 0 Å². The minimum atomic E-state index is -0.909. The number of rotatable bonds is 8. The maximum atomic E-state index is 12.8. The average Bonchev–Trinajstić information content (AvgIpc) is 2.75. The van der Waals surface area contributed by atoms with Crippen molar-refractivity contribution < 1.29 is 25.3 Å². The van der Waals surface area contributed by atoms with Crippen LogP contribution < -0.4 is 0 Å². The highest BCUT2D eigenvalue weighted by Gasteiger charge is 2.38. The van der Waals surface area contributed by atoms with Crippen LogP contribution in [-0.4, -0.2) is 69.6 Å². The van der Waals surface area contributed by atoms with Gasteiger partial charge in [0.15, 0.2) is 0 Å². The zero-order chi connectivity index (χ0) is 22.4. The number of nitrogens with zero attached hydrogens (tertiary/aromatic N) is 2. The highest BCUT2D eigenvalue weighted by atomic mass is 16.4. The summed E-state index contributed by atoms with van der Waals surface area (Å²) in [5.41, 5.74) is 1.21. The Labute approximate surface area is 191 Å². The fourth-order valence-electron chi connectivity index (χ4n) is 5.32. The summed E-state index contributed by atoms with van der Waals surface area (Å²) in [5.74, 6) is -0.178. The van der Waals surface area contributed by atoms with E-state index in [1.165, 1.54) is 12.0 Å². The van der Waals surface area contributed by atoms with Gasteiger partial charge in [0, 0.05) is 32.1 Å². The van der Waals surface area contributed by atoms with Crippen LogP contribution in [0.2, 0.25) is 0 Å². The number of hydrogen-bond acceptors (Lipinski definition) is 4. The lowest BCUT2D eigenvalue weighted by Crippen LogP contribution is -2.51. The maximum Gasteiger partial charge on any atom is 0.303 e. The van der Waals surface area contributed by atoms with Crippen molar-refractivity contribution >= 4 is 11.9 Å². The van der Waals surface area contributed by atoms with Crippen molar-refractivity contribution in [1.29, 1.82) is 0 Å². The van der Waals surface area contributed by atoms with E-state index in [-0.39, 0.29) is 35.7 Å². The summed E-state index contributed by atoms with van der Waals surface area (Å²) in [7, 11) is 0. The summed E-state index contributed by atoms with van der Waals surface area (Å²) in [6.45, 7) is 7.97. The molecule has 1 aromatic rings. The lowest BCUT2D eigenvalue weighted by Gasteiger charge is -2.46. The number of likely N-dealkylation sites (tertiary alicyclic amines) is 1. The number of carbonyl (C=O) groups is 2. The van der Waals surface area contributed by atoms with Gasteiger partial charge in [-0.05, 0) is 54.8 Å². The number of aromatic hydroxyl groups is 1. The zero-order valence-electron chi connectivity index (χ0n) is 19.6. The Bertz CT molecular complexity index is 764. The smallest absolute Gasteiger partial charge is 0.303 e. The maximum absolute atomic E-state index is 12.8. The minimum Gasteiger partial charge on any atom is -0.508 e. The first-order valence-electron chi connectivity index (χ1n) is 11.8. The third-order valence-electron chi connectivity index (χ3n) is 7.62. The molecule has 2 aliphatic rings. The minimum absolute atomic E-state index is 0. The van der Waals surface area contributed by atoms with Gasteiger partial charge in [-0.2, -0.15) is 0 Å². The fourth-order valence-corrected chi connectivity index (χ4v) is 5.32. The lowest BCUT2D eigenvalue weighted by atomic mass is 9.68. The molecule has 3 rings (SSSR count). The molecule has 0 unspecified atom stereocenters. The van der Waals surface area contributed by atoms with Gasteiger partial charge in [-0.1, -0.05) is 45.2 Å². The Morgan fingerprint density at radius 1 is 1.19 bits per heavy atom. The van der Waals surface area contributed by atoms with E-state index in [0.29, 0.717) is 18.2 Å². The highest BCUT2D eigenvalue weighted by Crippen LogP contribution is 2.40. The number of amides is 1.